The number of hydrogen-bond donors (Lipinski definition) is 0. The predicted octanol–water partition coefficient (Wildman–Crippen LogP) is -2.93. The summed E-state index contributed by atoms with van der Waals surface area (Å²) in [5, 5.41) is 0. The maximum atomic E-state index is 3.24. The van der Waals surface area contributed by atoms with Gasteiger partial charge in [-0.2, -0.15) is 0 Å². The molecule has 0 aliphatic heterocycles. The number of rotatable bonds is 0. The monoisotopic (exact) mass is 236 g/mol. The fourth-order valence-corrected chi connectivity index (χ4v) is 1.13. The zero-order chi connectivity index (χ0) is 8.59. The summed E-state index contributed by atoms with van der Waals surface area (Å²) in [4.78, 5) is 0. The van der Waals surface area contributed by atoms with Crippen LogP contribution in [0.2, 0.25) is 0 Å². The van der Waals surface area contributed by atoms with Gasteiger partial charge in [-0.3, -0.25) is 9.13 Å². The second kappa shape index (κ2) is 4.94. The van der Waals surface area contributed by atoms with E-state index >= 15 is 0 Å². The van der Waals surface area contributed by atoms with Crippen LogP contribution in [0.4, 0.5) is 0 Å². The number of aromatic nitrogens is 2. The molecule has 1 rings (SSSR count). The van der Waals surface area contributed by atoms with Gasteiger partial charge in [0.25, 0.3) is 0 Å². The van der Waals surface area contributed by atoms with E-state index in [1.807, 2.05) is 11.6 Å². The van der Waals surface area contributed by atoms with E-state index < -0.39 is 0 Å². The molecule has 0 unspecified atom stereocenters. The standard InChI is InChI=1S/C9H15N2.Rb/c1-7-6-10(4)9(3)11(5)8(7)2;/h1-5H3;/q2*+1. The quantitative estimate of drug-likeness (QED) is 0.337. The van der Waals surface area contributed by atoms with Crippen LogP contribution in [0.1, 0.15) is 17.1 Å². The zero-order valence-corrected chi connectivity index (χ0v) is 13.8. The first-order chi connectivity index (χ1) is 5.04. The zero-order valence-electron chi connectivity index (χ0n) is 8.89. The SMILES string of the molecule is Cc1[c-][n+](C)c(C)[n+](C)c1C.[Rb+]. The molecule has 0 spiro atoms. The maximum absolute atomic E-state index is 3.24. The molecule has 1 aromatic rings. The van der Waals surface area contributed by atoms with Gasteiger partial charge in [0.1, 0.15) is 20.3 Å². The Bertz CT molecular complexity index is 269. The number of nitrogens with zero attached hydrogens (tertiary/aromatic N) is 2. The van der Waals surface area contributed by atoms with Crippen LogP contribution < -0.4 is 67.3 Å². The molecule has 2 nitrogen and oxygen atoms in total. The Morgan fingerprint density at radius 1 is 1.08 bits per heavy atom. The minimum absolute atomic E-state index is 0. The van der Waals surface area contributed by atoms with Crippen molar-refractivity contribution >= 4 is 0 Å². The van der Waals surface area contributed by atoms with Crippen molar-refractivity contribution in [3.8, 4) is 0 Å². The minimum atomic E-state index is 0. The van der Waals surface area contributed by atoms with Gasteiger partial charge in [-0.15, -0.1) is 0 Å². The molecule has 0 saturated heterocycles. The molecule has 1 heterocycles. The molecule has 60 valence electrons. The average molecular weight is 237 g/mol. The molecule has 12 heavy (non-hydrogen) atoms. The summed E-state index contributed by atoms with van der Waals surface area (Å²) in [5.74, 6) is 1.22. The van der Waals surface area contributed by atoms with E-state index in [1.165, 1.54) is 17.1 Å². The third-order valence-corrected chi connectivity index (χ3v) is 2.35. The molecule has 0 aliphatic carbocycles. The summed E-state index contributed by atoms with van der Waals surface area (Å²) in [6.45, 7) is 6.27. The first-order valence-electron chi connectivity index (χ1n) is 3.79. The molecular formula is C9H15N2Rb+2. The van der Waals surface area contributed by atoms with Crippen LogP contribution in [0.3, 0.4) is 0 Å². The van der Waals surface area contributed by atoms with Crippen LogP contribution in [0, 0.1) is 27.0 Å². The Hall–Kier alpha value is 0.885. The topological polar surface area (TPSA) is 7.76 Å². The van der Waals surface area contributed by atoms with Crippen LogP contribution in [0.25, 0.3) is 0 Å². The summed E-state index contributed by atoms with van der Waals surface area (Å²) < 4.78 is 4.19. The second-order valence-electron chi connectivity index (χ2n) is 2.99. The first kappa shape index (κ1) is 12.9. The van der Waals surface area contributed by atoms with Crippen molar-refractivity contribution in [2.75, 3.05) is 0 Å². The van der Waals surface area contributed by atoms with Gasteiger partial charge in [-0.05, 0) is 12.5 Å². The molecule has 0 amide bonds. The van der Waals surface area contributed by atoms with Crippen LogP contribution in [-0.4, -0.2) is 0 Å². The Morgan fingerprint density at radius 3 is 2.08 bits per heavy atom. The first-order valence-corrected chi connectivity index (χ1v) is 3.79. The molecule has 1 aromatic heterocycles. The molecule has 0 radical (unpaired) electrons. The molecule has 0 fully saturated rings. The summed E-state index contributed by atoms with van der Waals surface area (Å²) in [6.07, 6.45) is 3.24. The van der Waals surface area contributed by atoms with Gasteiger partial charge in [-0.25, -0.2) is 0 Å². The molecule has 0 aromatic carbocycles. The summed E-state index contributed by atoms with van der Waals surface area (Å²) in [5.41, 5.74) is 2.49. The van der Waals surface area contributed by atoms with Crippen molar-refractivity contribution < 1.29 is 67.3 Å². The van der Waals surface area contributed by atoms with E-state index in [9.17, 15) is 0 Å². The van der Waals surface area contributed by atoms with Gasteiger partial charge in [0.15, 0.2) is 0 Å². The van der Waals surface area contributed by atoms with Crippen LogP contribution in [-0.2, 0) is 14.1 Å². The fourth-order valence-electron chi connectivity index (χ4n) is 1.13. The van der Waals surface area contributed by atoms with Crippen molar-refractivity contribution in [2.24, 2.45) is 14.1 Å². The normalized spacial score (nSPS) is 9.42. The van der Waals surface area contributed by atoms with Gasteiger partial charge >= 0.3 is 64.0 Å². The molecule has 0 atom stereocenters. The Morgan fingerprint density at radius 2 is 1.58 bits per heavy atom. The van der Waals surface area contributed by atoms with Crippen molar-refractivity contribution in [3.05, 3.63) is 23.3 Å². The maximum Gasteiger partial charge on any atom is 1.00 e. The van der Waals surface area contributed by atoms with E-state index in [4.69, 9.17) is 0 Å². The second-order valence-corrected chi connectivity index (χ2v) is 2.99. The van der Waals surface area contributed by atoms with Crippen LogP contribution in [0.5, 0.6) is 0 Å². The molecule has 0 aliphatic rings. The van der Waals surface area contributed by atoms with Gasteiger partial charge in [0.05, 0.1) is 5.69 Å². The molecule has 0 N–H and O–H groups in total. The van der Waals surface area contributed by atoms with Crippen molar-refractivity contribution in [1.82, 2.24) is 0 Å². The van der Waals surface area contributed by atoms with E-state index in [0.29, 0.717) is 0 Å². The molecule has 3 heteroatoms. The van der Waals surface area contributed by atoms with Crippen LogP contribution in [0.15, 0.2) is 0 Å². The Labute approximate surface area is 123 Å². The van der Waals surface area contributed by atoms with Crippen LogP contribution >= 0.6 is 0 Å². The largest absolute Gasteiger partial charge is 1.00 e. The van der Waals surface area contributed by atoms with Gasteiger partial charge in [-0.1, -0.05) is 6.92 Å². The predicted molar refractivity (Wildman–Crippen MR) is 41.8 cm³/mol. The molecular weight excluding hydrogens is 222 g/mol. The summed E-state index contributed by atoms with van der Waals surface area (Å²) in [6, 6.07) is 0. The van der Waals surface area contributed by atoms with E-state index in [2.05, 4.69) is 38.6 Å². The number of aryl methyl sites for hydroxylation is 2. The third-order valence-electron chi connectivity index (χ3n) is 2.35. The number of hydrogen-bond acceptors (Lipinski definition) is 0. The Balaban J connectivity index is 0.00000121. The fraction of sp³-hybridized carbons (Fsp3) is 0.556. The van der Waals surface area contributed by atoms with E-state index in [0.717, 1.165) is 0 Å². The Kier molecular flexibility index (Phi) is 5.30. The summed E-state index contributed by atoms with van der Waals surface area (Å²) >= 11 is 0. The summed E-state index contributed by atoms with van der Waals surface area (Å²) in [7, 11) is 4.09. The van der Waals surface area contributed by atoms with E-state index in [1.54, 1.807) is 0 Å². The van der Waals surface area contributed by atoms with Crippen molar-refractivity contribution in [3.63, 3.8) is 0 Å². The minimum Gasteiger partial charge on any atom is -0.255 e. The van der Waals surface area contributed by atoms with Crippen molar-refractivity contribution in [1.29, 1.82) is 0 Å². The van der Waals surface area contributed by atoms with Gasteiger partial charge in [0, 0.05) is 6.92 Å². The molecule has 0 bridgehead atoms. The van der Waals surface area contributed by atoms with Gasteiger partial charge in [0.2, 0.25) is 0 Å². The average Bonchev–Trinajstić information content (AvgIpc) is 1.97. The van der Waals surface area contributed by atoms with Crippen molar-refractivity contribution in [2.45, 2.75) is 20.8 Å². The molecule has 0 saturated carbocycles. The van der Waals surface area contributed by atoms with E-state index in [-0.39, 0.29) is 58.2 Å². The van der Waals surface area contributed by atoms with Gasteiger partial charge < -0.3 is 0 Å². The smallest absolute Gasteiger partial charge is 0.255 e. The third kappa shape index (κ3) is 2.44.